The number of ether oxygens (including phenoxy) is 2. The second-order valence-electron chi connectivity index (χ2n) is 10.1. The van der Waals surface area contributed by atoms with Crippen molar-refractivity contribution in [3.63, 3.8) is 0 Å². The number of likely N-dealkylation sites (N-methyl/N-ethyl adjacent to an activating group) is 1. The first-order chi connectivity index (χ1) is 21.7. The maximum Gasteiger partial charge on any atom is 0.264 e. The van der Waals surface area contributed by atoms with Gasteiger partial charge in [0.1, 0.15) is 12.6 Å². The van der Waals surface area contributed by atoms with Crippen LogP contribution in [-0.2, 0) is 32.6 Å². The van der Waals surface area contributed by atoms with Gasteiger partial charge in [0.25, 0.3) is 10.0 Å². The summed E-state index contributed by atoms with van der Waals surface area (Å²) in [5.74, 6) is -0.376. The topological polar surface area (TPSA) is 105 Å². The average Bonchev–Trinajstić information content (AvgIpc) is 3.06. The molecule has 236 valence electrons. The number of para-hydroxylation sites is 1. The molecule has 0 spiro atoms. The van der Waals surface area contributed by atoms with Crippen LogP contribution in [0.3, 0.4) is 0 Å². The first-order valence-electron chi connectivity index (χ1n) is 14.3. The molecule has 9 nitrogen and oxygen atoms in total. The molecule has 0 saturated heterocycles. The van der Waals surface area contributed by atoms with Crippen LogP contribution in [0.1, 0.15) is 18.1 Å². The van der Waals surface area contributed by atoms with Gasteiger partial charge in [-0.1, -0.05) is 78.3 Å². The smallest absolute Gasteiger partial charge is 0.264 e. The van der Waals surface area contributed by atoms with Crippen LogP contribution in [-0.4, -0.2) is 58.5 Å². The van der Waals surface area contributed by atoms with Crippen molar-refractivity contribution < 1.29 is 27.5 Å². The van der Waals surface area contributed by atoms with E-state index in [1.807, 2.05) is 30.3 Å². The highest BCUT2D eigenvalue weighted by Gasteiger charge is 2.35. The lowest BCUT2D eigenvalue weighted by Crippen LogP contribution is -2.53. The number of anilines is 1. The zero-order chi connectivity index (χ0) is 32.4. The minimum absolute atomic E-state index is 0.0216. The summed E-state index contributed by atoms with van der Waals surface area (Å²) in [5, 5.41) is 3.26. The first kappa shape index (κ1) is 33.4. The van der Waals surface area contributed by atoms with E-state index >= 15 is 0 Å². The van der Waals surface area contributed by atoms with E-state index in [0.717, 1.165) is 9.87 Å². The van der Waals surface area contributed by atoms with Gasteiger partial charge in [0.2, 0.25) is 11.8 Å². The van der Waals surface area contributed by atoms with E-state index in [9.17, 15) is 18.0 Å². The summed E-state index contributed by atoms with van der Waals surface area (Å²) in [6.07, 6.45) is 0.205. The predicted octanol–water partition coefficient (Wildman–Crippen LogP) is 5.33. The first-order valence-corrected chi connectivity index (χ1v) is 16.2. The summed E-state index contributed by atoms with van der Waals surface area (Å²) in [4.78, 5) is 29.3. The second kappa shape index (κ2) is 15.5. The number of nitrogens with zero attached hydrogens (tertiary/aromatic N) is 2. The van der Waals surface area contributed by atoms with Gasteiger partial charge in [-0.15, -0.1) is 0 Å². The fourth-order valence-electron chi connectivity index (χ4n) is 4.88. The number of nitrogens with one attached hydrogen (secondary N) is 1. The Hall–Kier alpha value is -4.54. The van der Waals surface area contributed by atoms with Crippen LogP contribution in [0.15, 0.2) is 108 Å². The van der Waals surface area contributed by atoms with Gasteiger partial charge in [0.15, 0.2) is 11.5 Å². The van der Waals surface area contributed by atoms with Crippen molar-refractivity contribution in [1.82, 2.24) is 10.2 Å². The summed E-state index contributed by atoms with van der Waals surface area (Å²) in [6.45, 7) is 1.54. The highest BCUT2D eigenvalue weighted by Crippen LogP contribution is 2.32. The molecule has 0 heterocycles. The van der Waals surface area contributed by atoms with E-state index < -0.39 is 28.5 Å². The Labute approximate surface area is 269 Å². The van der Waals surface area contributed by atoms with E-state index in [1.165, 1.54) is 37.3 Å². The van der Waals surface area contributed by atoms with Crippen molar-refractivity contribution >= 4 is 39.1 Å². The number of amides is 2. The minimum Gasteiger partial charge on any atom is -0.493 e. The van der Waals surface area contributed by atoms with Crippen LogP contribution >= 0.6 is 11.6 Å². The van der Waals surface area contributed by atoms with Crippen molar-refractivity contribution in [2.24, 2.45) is 0 Å². The van der Waals surface area contributed by atoms with Gasteiger partial charge in [-0.3, -0.25) is 13.9 Å². The molecule has 4 aromatic carbocycles. The third-order valence-electron chi connectivity index (χ3n) is 7.19. The molecule has 1 unspecified atom stereocenters. The van der Waals surface area contributed by atoms with Gasteiger partial charge in [-0.05, 0) is 48.4 Å². The van der Waals surface area contributed by atoms with Gasteiger partial charge < -0.3 is 19.7 Å². The van der Waals surface area contributed by atoms with Gasteiger partial charge >= 0.3 is 0 Å². The van der Waals surface area contributed by atoms with Crippen LogP contribution in [0.2, 0.25) is 5.02 Å². The van der Waals surface area contributed by atoms with E-state index in [0.29, 0.717) is 22.9 Å². The number of rotatable bonds is 14. The van der Waals surface area contributed by atoms with E-state index in [4.69, 9.17) is 21.1 Å². The number of carbonyl (C=O) groups is 2. The molecule has 1 N–H and O–H groups in total. The molecule has 45 heavy (non-hydrogen) atoms. The molecule has 0 aliphatic carbocycles. The van der Waals surface area contributed by atoms with Crippen molar-refractivity contribution in [2.45, 2.75) is 30.8 Å². The maximum atomic E-state index is 14.4. The van der Waals surface area contributed by atoms with E-state index in [2.05, 4.69) is 5.32 Å². The van der Waals surface area contributed by atoms with E-state index in [-0.39, 0.29) is 35.2 Å². The lowest BCUT2D eigenvalue weighted by atomic mass is 10.0. The molecule has 0 aliphatic heterocycles. The number of carbonyl (C=O) groups excluding carboxylic acids is 2. The van der Waals surface area contributed by atoms with Gasteiger partial charge in [-0.2, -0.15) is 0 Å². The SMILES string of the molecule is CCNC(=O)C(Cc1ccccc1)N(Cc1ccccc1Cl)C(=O)CN(c1ccccc1)S(=O)(=O)c1ccc(OC)c(OC)c1. The monoisotopic (exact) mass is 649 g/mol. The standard InChI is InChI=1S/C34H36ClN3O6S/c1-4-36-34(40)30(21-25-13-7-5-8-14-25)37(23-26-15-11-12-18-29(26)35)33(39)24-38(27-16-9-6-10-17-27)45(41,42)28-19-20-31(43-2)32(22-28)44-3/h5-20,22,30H,4,21,23-24H2,1-3H3,(H,36,40). The van der Waals surface area contributed by atoms with Crippen LogP contribution in [0.4, 0.5) is 5.69 Å². The van der Waals surface area contributed by atoms with Crippen molar-refractivity contribution in [2.75, 3.05) is 31.6 Å². The molecule has 0 fully saturated rings. The summed E-state index contributed by atoms with van der Waals surface area (Å²) >= 11 is 6.52. The average molecular weight is 650 g/mol. The Morgan fingerprint density at radius 1 is 0.844 bits per heavy atom. The molecule has 0 aliphatic rings. The summed E-state index contributed by atoms with van der Waals surface area (Å²) in [7, 11) is -1.45. The van der Waals surface area contributed by atoms with Crippen LogP contribution < -0.4 is 19.1 Å². The predicted molar refractivity (Wildman–Crippen MR) is 175 cm³/mol. The van der Waals surface area contributed by atoms with Crippen molar-refractivity contribution in [1.29, 1.82) is 0 Å². The number of hydrogen-bond donors (Lipinski definition) is 1. The molecule has 2 amide bonds. The number of benzene rings is 4. The number of methoxy groups -OCH3 is 2. The van der Waals surface area contributed by atoms with Crippen LogP contribution in [0, 0.1) is 0 Å². The van der Waals surface area contributed by atoms with Crippen LogP contribution in [0.25, 0.3) is 0 Å². The van der Waals surface area contributed by atoms with Gasteiger partial charge in [0.05, 0.1) is 24.8 Å². The highest BCUT2D eigenvalue weighted by molar-refractivity contribution is 7.92. The summed E-state index contributed by atoms with van der Waals surface area (Å²) < 4.78 is 40.1. The Morgan fingerprint density at radius 3 is 2.09 bits per heavy atom. The molecule has 0 bridgehead atoms. The molecule has 1 atom stereocenters. The second-order valence-corrected chi connectivity index (χ2v) is 12.3. The molecule has 0 radical (unpaired) electrons. The molecule has 4 aromatic rings. The lowest BCUT2D eigenvalue weighted by molar-refractivity contribution is -0.140. The number of halogens is 1. The largest absolute Gasteiger partial charge is 0.493 e. The number of sulfonamides is 1. The molecule has 0 saturated carbocycles. The maximum absolute atomic E-state index is 14.4. The van der Waals surface area contributed by atoms with Crippen LogP contribution in [0.5, 0.6) is 11.5 Å². The van der Waals surface area contributed by atoms with Gasteiger partial charge in [-0.25, -0.2) is 8.42 Å². The Kier molecular flexibility index (Phi) is 11.5. The zero-order valence-electron chi connectivity index (χ0n) is 25.4. The lowest BCUT2D eigenvalue weighted by Gasteiger charge is -2.34. The summed E-state index contributed by atoms with van der Waals surface area (Å²) in [5.41, 5.74) is 1.73. The Bertz CT molecular complexity index is 1700. The highest BCUT2D eigenvalue weighted by atomic mass is 35.5. The van der Waals surface area contributed by atoms with E-state index in [1.54, 1.807) is 61.5 Å². The van der Waals surface area contributed by atoms with Crippen molar-refractivity contribution in [3.8, 4) is 11.5 Å². The quantitative estimate of drug-likeness (QED) is 0.198. The third-order valence-corrected chi connectivity index (χ3v) is 9.33. The molecule has 4 rings (SSSR count). The van der Waals surface area contributed by atoms with Gasteiger partial charge in [0, 0.05) is 30.6 Å². The molecule has 11 heteroatoms. The fraction of sp³-hybridized carbons (Fsp3) is 0.235. The summed E-state index contributed by atoms with van der Waals surface area (Å²) in [6, 6.07) is 28.0. The minimum atomic E-state index is -4.31. The Balaban J connectivity index is 1.81. The zero-order valence-corrected chi connectivity index (χ0v) is 26.9. The Morgan fingerprint density at radius 2 is 1.47 bits per heavy atom. The molecular formula is C34H36ClN3O6S. The fourth-order valence-corrected chi connectivity index (χ4v) is 6.51. The normalized spacial score (nSPS) is 11.7. The molecule has 0 aromatic heterocycles. The third kappa shape index (κ3) is 8.14. The number of hydrogen-bond acceptors (Lipinski definition) is 6. The van der Waals surface area contributed by atoms with Crippen molar-refractivity contribution in [3.05, 3.63) is 119 Å². The molecular weight excluding hydrogens is 614 g/mol.